The first kappa shape index (κ1) is 11.8. The van der Waals surface area contributed by atoms with Gasteiger partial charge < -0.3 is 4.90 Å². The highest BCUT2D eigenvalue weighted by atomic mass is 35.5. The zero-order valence-electron chi connectivity index (χ0n) is 8.97. The van der Waals surface area contributed by atoms with E-state index in [4.69, 9.17) is 11.6 Å². The van der Waals surface area contributed by atoms with Gasteiger partial charge in [-0.2, -0.15) is 0 Å². The first-order valence-electron chi connectivity index (χ1n) is 5.61. The second-order valence-electron chi connectivity index (χ2n) is 4.11. The zero-order chi connectivity index (χ0) is 10.4. The van der Waals surface area contributed by atoms with Crippen molar-refractivity contribution in [1.82, 2.24) is 4.90 Å². The lowest BCUT2D eigenvalue weighted by Crippen LogP contribution is -2.28. The van der Waals surface area contributed by atoms with Gasteiger partial charge in [-0.05, 0) is 18.8 Å². The Morgan fingerprint density at radius 3 is 2.86 bits per heavy atom. The molecule has 1 rings (SSSR count). The molecule has 1 saturated heterocycles. The number of amides is 1. The number of carbonyl (C=O) groups excluding carboxylic acids is 1. The van der Waals surface area contributed by atoms with Crippen LogP contribution in [0.25, 0.3) is 0 Å². The molecule has 0 spiro atoms. The van der Waals surface area contributed by atoms with Crippen molar-refractivity contribution < 1.29 is 4.79 Å². The van der Waals surface area contributed by atoms with Crippen LogP contribution in [0.5, 0.6) is 0 Å². The molecular weight excluding hydrogens is 198 g/mol. The van der Waals surface area contributed by atoms with Crippen molar-refractivity contribution in [2.45, 2.75) is 39.0 Å². The van der Waals surface area contributed by atoms with E-state index < -0.39 is 0 Å². The van der Waals surface area contributed by atoms with Gasteiger partial charge in [0.25, 0.3) is 0 Å². The van der Waals surface area contributed by atoms with E-state index in [0.29, 0.717) is 17.7 Å². The molecule has 3 heteroatoms. The fourth-order valence-electron chi connectivity index (χ4n) is 1.87. The summed E-state index contributed by atoms with van der Waals surface area (Å²) in [7, 11) is 0. The molecule has 2 nitrogen and oxygen atoms in total. The topological polar surface area (TPSA) is 20.3 Å². The Kier molecular flexibility index (Phi) is 5.31. The average molecular weight is 218 g/mol. The van der Waals surface area contributed by atoms with E-state index in [9.17, 15) is 4.79 Å². The summed E-state index contributed by atoms with van der Waals surface area (Å²) in [6, 6.07) is 0. The van der Waals surface area contributed by atoms with Gasteiger partial charge in [0, 0.05) is 25.4 Å². The van der Waals surface area contributed by atoms with Crippen LogP contribution < -0.4 is 0 Å². The molecule has 1 unspecified atom stereocenters. The van der Waals surface area contributed by atoms with Crippen LogP contribution in [-0.2, 0) is 4.79 Å². The Morgan fingerprint density at radius 2 is 2.29 bits per heavy atom. The van der Waals surface area contributed by atoms with E-state index in [1.807, 2.05) is 4.90 Å². The highest BCUT2D eigenvalue weighted by Crippen LogP contribution is 2.18. The number of carbonyl (C=O) groups is 1. The number of halogens is 1. The van der Waals surface area contributed by atoms with Crippen LogP contribution in [-0.4, -0.2) is 29.8 Å². The summed E-state index contributed by atoms with van der Waals surface area (Å²) in [4.78, 5) is 13.6. The van der Waals surface area contributed by atoms with Gasteiger partial charge in [-0.1, -0.05) is 19.8 Å². The van der Waals surface area contributed by atoms with Gasteiger partial charge in [-0.25, -0.2) is 0 Å². The molecule has 82 valence electrons. The first-order valence-corrected chi connectivity index (χ1v) is 6.15. The van der Waals surface area contributed by atoms with Crippen LogP contribution in [0.1, 0.15) is 39.0 Å². The van der Waals surface area contributed by atoms with Gasteiger partial charge in [0.05, 0.1) is 0 Å². The molecule has 0 aromatic carbocycles. The molecule has 0 radical (unpaired) electrons. The minimum atomic E-state index is 0.325. The summed E-state index contributed by atoms with van der Waals surface area (Å²) in [5.74, 6) is 1.55. The van der Waals surface area contributed by atoms with E-state index in [2.05, 4.69) is 6.92 Å². The molecule has 0 aromatic heterocycles. The monoisotopic (exact) mass is 217 g/mol. The van der Waals surface area contributed by atoms with Crippen molar-refractivity contribution in [3.05, 3.63) is 0 Å². The van der Waals surface area contributed by atoms with Crippen LogP contribution in [0.2, 0.25) is 0 Å². The van der Waals surface area contributed by atoms with Crippen molar-refractivity contribution in [2.75, 3.05) is 19.0 Å². The summed E-state index contributed by atoms with van der Waals surface area (Å²) >= 11 is 5.77. The van der Waals surface area contributed by atoms with Crippen LogP contribution in [0, 0.1) is 5.92 Å². The Labute approximate surface area is 91.6 Å². The smallest absolute Gasteiger partial charge is 0.222 e. The van der Waals surface area contributed by atoms with Gasteiger partial charge >= 0.3 is 0 Å². The number of unbranched alkanes of at least 4 members (excludes halogenated alkanes) is 2. The molecule has 1 aliphatic heterocycles. The number of hydrogen-bond donors (Lipinski definition) is 0. The summed E-state index contributed by atoms with van der Waals surface area (Å²) in [5, 5.41) is 0. The highest BCUT2D eigenvalue weighted by Gasteiger charge is 2.24. The standard InChI is InChI=1S/C11H20ClNO/c1-2-3-4-5-11(14)13-7-6-10(8-12)9-13/h10H,2-9H2,1H3. The first-order chi connectivity index (χ1) is 6.77. The fourth-order valence-corrected chi connectivity index (χ4v) is 2.12. The summed E-state index contributed by atoms with van der Waals surface area (Å²) < 4.78 is 0. The predicted molar refractivity (Wildman–Crippen MR) is 59.5 cm³/mol. The van der Waals surface area contributed by atoms with Gasteiger partial charge in [-0.15, -0.1) is 11.6 Å². The van der Waals surface area contributed by atoms with Crippen LogP contribution in [0.4, 0.5) is 0 Å². The SMILES string of the molecule is CCCCCC(=O)N1CCC(CCl)C1. The third-order valence-electron chi connectivity index (χ3n) is 2.85. The van der Waals surface area contributed by atoms with Crippen molar-refractivity contribution in [1.29, 1.82) is 0 Å². The maximum absolute atomic E-state index is 11.7. The third kappa shape index (κ3) is 3.49. The van der Waals surface area contributed by atoms with Gasteiger partial charge in [-0.3, -0.25) is 4.79 Å². The minimum Gasteiger partial charge on any atom is -0.342 e. The number of hydrogen-bond acceptors (Lipinski definition) is 1. The molecule has 1 amide bonds. The lowest BCUT2D eigenvalue weighted by Gasteiger charge is -2.15. The second-order valence-corrected chi connectivity index (χ2v) is 4.41. The molecule has 1 aliphatic rings. The van der Waals surface area contributed by atoms with Crippen LogP contribution in [0.3, 0.4) is 0 Å². The van der Waals surface area contributed by atoms with Gasteiger partial charge in [0.15, 0.2) is 0 Å². The van der Waals surface area contributed by atoms with Crippen LogP contribution >= 0.6 is 11.6 Å². The Hall–Kier alpha value is -0.240. The van der Waals surface area contributed by atoms with Crippen molar-refractivity contribution in [3.8, 4) is 0 Å². The quantitative estimate of drug-likeness (QED) is 0.512. The molecule has 0 saturated carbocycles. The number of alkyl halides is 1. The molecule has 14 heavy (non-hydrogen) atoms. The highest BCUT2D eigenvalue weighted by molar-refractivity contribution is 6.18. The maximum Gasteiger partial charge on any atom is 0.222 e. The molecule has 1 atom stereocenters. The Bertz CT molecular complexity index is 184. The molecular formula is C11H20ClNO. The molecule has 1 fully saturated rings. The average Bonchev–Trinajstić information content (AvgIpc) is 2.66. The largest absolute Gasteiger partial charge is 0.342 e. The van der Waals surface area contributed by atoms with E-state index in [1.165, 1.54) is 12.8 Å². The van der Waals surface area contributed by atoms with E-state index >= 15 is 0 Å². The van der Waals surface area contributed by atoms with E-state index in [0.717, 1.165) is 32.4 Å². The summed E-state index contributed by atoms with van der Waals surface area (Å²) in [5.41, 5.74) is 0. The van der Waals surface area contributed by atoms with Crippen molar-refractivity contribution in [2.24, 2.45) is 5.92 Å². The number of nitrogens with zero attached hydrogens (tertiary/aromatic N) is 1. The van der Waals surface area contributed by atoms with Crippen molar-refractivity contribution >= 4 is 17.5 Å². The van der Waals surface area contributed by atoms with E-state index in [-0.39, 0.29) is 0 Å². The molecule has 0 N–H and O–H groups in total. The predicted octanol–water partition coefficient (Wildman–Crippen LogP) is 2.65. The fraction of sp³-hybridized carbons (Fsp3) is 0.909. The Morgan fingerprint density at radius 1 is 1.50 bits per heavy atom. The lowest BCUT2D eigenvalue weighted by molar-refractivity contribution is -0.130. The molecule has 1 heterocycles. The molecule has 0 bridgehead atoms. The third-order valence-corrected chi connectivity index (χ3v) is 3.29. The second kappa shape index (κ2) is 6.28. The molecule has 0 aliphatic carbocycles. The normalized spacial score (nSPS) is 21.6. The lowest BCUT2D eigenvalue weighted by atomic mass is 10.1. The zero-order valence-corrected chi connectivity index (χ0v) is 9.72. The number of rotatable bonds is 5. The van der Waals surface area contributed by atoms with Gasteiger partial charge in [0.1, 0.15) is 0 Å². The Balaban J connectivity index is 2.18. The van der Waals surface area contributed by atoms with Crippen molar-refractivity contribution in [3.63, 3.8) is 0 Å². The van der Waals surface area contributed by atoms with Gasteiger partial charge in [0.2, 0.25) is 5.91 Å². The molecule has 0 aromatic rings. The maximum atomic E-state index is 11.7. The van der Waals surface area contributed by atoms with Crippen LogP contribution in [0.15, 0.2) is 0 Å². The number of likely N-dealkylation sites (tertiary alicyclic amines) is 1. The minimum absolute atomic E-state index is 0.325. The summed E-state index contributed by atoms with van der Waals surface area (Å²) in [6.07, 6.45) is 5.19. The summed E-state index contributed by atoms with van der Waals surface area (Å²) in [6.45, 7) is 3.96. The van der Waals surface area contributed by atoms with E-state index in [1.54, 1.807) is 0 Å².